The minimum atomic E-state index is -3.54. The number of carbonyl (C=O) groups excluding carboxylic acids is 2. The van der Waals surface area contributed by atoms with Crippen LogP contribution in [0.3, 0.4) is 0 Å². The lowest BCUT2D eigenvalue weighted by Crippen LogP contribution is -2.16. The van der Waals surface area contributed by atoms with Gasteiger partial charge in [0, 0.05) is 25.1 Å². The number of aromatic nitrogens is 4. The van der Waals surface area contributed by atoms with Crippen molar-refractivity contribution in [3.8, 4) is 5.88 Å². The van der Waals surface area contributed by atoms with Crippen molar-refractivity contribution in [1.29, 1.82) is 0 Å². The van der Waals surface area contributed by atoms with E-state index in [0.29, 0.717) is 23.4 Å². The van der Waals surface area contributed by atoms with E-state index in [1.165, 1.54) is 27.7 Å². The van der Waals surface area contributed by atoms with E-state index in [9.17, 15) is 18.0 Å². The van der Waals surface area contributed by atoms with E-state index in [1.807, 2.05) is 13.8 Å². The highest BCUT2D eigenvalue weighted by Gasteiger charge is 2.30. The number of carbonyl (C=O) groups is 2. The number of halogens is 1. The SMILES string of the molecule is CCc1c(S(C)(=O)=O)ccc(C(=O)c2c(C)nn(C(C)C)c2OC(=O)c2cn(C)nc2C)c1Cl. The molecule has 0 radical (unpaired) electrons. The van der Waals surface area contributed by atoms with Crippen molar-refractivity contribution >= 4 is 33.2 Å². The Hall–Kier alpha value is -2.98. The van der Waals surface area contributed by atoms with Gasteiger partial charge in [-0.2, -0.15) is 10.2 Å². The van der Waals surface area contributed by atoms with Crippen LogP contribution in [-0.2, 0) is 23.3 Å². The summed E-state index contributed by atoms with van der Waals surface area (Å²) < 4.78 is 33.0. The second-order valence-corrected chi connectivity index (χ2v) is 10.7. The van der Waals surface area contributed by atoms with Gasteiger partial charge >= 0.3 is 5.97 Å². The normalized spacial score (nSPS) is 11.8. The van der Waals surface area contributed by atoms with Gasteiger partial charge in [-0.1, -0.05) is 18.5 Å². The molecule has 2 aromatic heterocycles. The van der Waals surface area contributed by atoms with Gasteiger partial charge in [0.2, 0.25) is 11.7 Å². The van der Waals surface area contributed by atoms with Gasteiger partial charge in [-0.15, -0.1) is 0 Å². The Bertz CT molecular complexity index is 1400. The Kier molecular flexibility index (Phi) is 7.05. The molecule has 182 valence electrons. The number of hydrogen-bond acceptors (Lipinski definition) is 7. The Morgan fingerprint density at radius 1 is 1.12 bits per heavy atom. The number of hydrogen-bond donors (Lipinski definition) is 0. The molecule has 0 bridgehead atoms. The molecule has 0 fully saturated rings. The molecule has 0 atom stereocenters. The number of rotatable bonds is 7. The number of ketones is 1. The van der Waals surface area contributed by atoms with Crippen molar-refractivity contribution in [2.45, 2.75) is 52.0 Å². The van der Waals surface area contributed by atoms with Crippen molar-refractivity contribution in [2.24, 2.45) is 7.05 Å². The lowest BCUT2D eigenvalue weighted by atomic mass is 10.00. The van der Waals surface area contributed by atoms with Crippen LogP contribution in [0.25, 0.3) is 0 Å². The van der Waals surface area contributed by atoms with E-state index in [2.05, 4.69) is 10.2 Å². The first kappa shape index (κ1) is 25.6. The van der Waals surface area contributed by atoms with Crippen LogP contribution in [0, 0.1) is 13.8 Å². The first-order valence-electron chi connectivity index (χ1n) is 10.7. The van der Waals surface area contributed by atoms with E-state index in [-0.39, 0.29) is 38.5 Å². The molecule has 0 spiro atoms. The van der Waals surface area contributed by atoms with Gasteiger partial charge < -0.3 is 4.74 Å². The molecule has 0 unspecified atom stereocenters. The standard InChI is InChI=1S/C23H27ClN4O5S/c1-8-15-18(34(7,31)32)10-9-16(20(15)24)21(29)19-14(5)26-28(12(2)3)22(19)33-23(30)17-11-27(6)25-13(17)4/h9-12H,8H2,1-7H3. The summed E-state index contributed by atoms with van der Waals surface area (Å²) in [6.07, 6.45) is 2.94. The summed E-state index contributed by atoms with van der Waals surface area (Å²) in [4.78, 5) is 26.7. The fourth-order valence-corrected chi connectivity index (χ4v) is 5.22. The molecule has 11 heteroatoms. The molecule has 3 rings (SSSR count). The lowest BCUT2D eigenvalue weighted by Gasteiger charge is -2.14. The number of esters is 1. The van der Waals surface area contributed by atoms with Crippen LogP contribution in [0.2, 0.25) is 5.02 Å². The summed E-state index contributed by atoms with van der Waals surface area (Å²) in [5.74, 6) is -1.20. The number of benzene rings is 1. The van der Waals surface area contributed by atoms with Crippen molar-refractivity contribution in [1.82, 2.24) is 19.6 Å². The van der Waals surface area contributed by atoms with Gasteiger partial charge in [-0.05, 0) is 51.8 Å². The van der Waals surface area contributed by atoms with Crippen LogP contribution in [-0.4, -0.2) is 46.0 Å². The van der Waals surface area contributed by atoms with E-state index in [4.69, 9.17) is 16.3 Å². The maximum atomic E-state index is 13.7. The molecule has 0 amide bonds. The molecule has 0 aliphatic rings. The Morgan fingerprint density at radius 2 is 1.76 bits per heavy atom. The van der Waals surface area contributed by atoms with Gasteiger partial charge in [0.1, 0.15) is 11.1 Å². The first-order chi connectivity index (χ1) is 15.8. The van der Waals surface area contributed by atoms with Crippen LogP contribution in [0.5, 0.6) is 5.88 Å². The summed E-state index contributed by atoms with van der Waals surface area (Å²) in [7, 11) is -1.85. The molecule has 2 heterocycles. The molecule has 0 aliphatic carbocycles. The molecule has 1 aromatic carbocycles. The third kappa shape index (κ3) is 4.65. The van der Waals surface area contributed by atoms with Gasteiger partial charge in [0.15, 0.2) is 9.84 Å². The largest absolute Gasteiger partial charge is 0.403 e. The zero-order valence-electron chi connectivity index (χ0n) is 20.1. The summed E-state index contributed by atoms with van der Waals surface area (Å²) in [5, 5.41) is 8.63. The van der Waals surface area contributed by atoms with Crippen molar-refractivity contribution < 1.29 is 22.7 Å². The van der Waals surface area contributed by atoms with Gasteiger partial charge in [0.25, 0.3) is 0 Å². The van der Waals surface area contributed by atoms with Gasteiger partial charge in [-0.3, -0.25) is 9.48 Å². The minimum absolute atomic E-state index is 0.00735. The molecule has 0 saturated carbocycles. The summed E-state index contributed by atoms with van der Waals surface area (Å²) in [5.41, 5.74) is 1.64. The number of ether oxygens (including phenoxy) is 1. The van der Waals surface area contributed by atoms with Crippen molar-refractivity contribution in [3.05, 3.63) is 57.0 Å². The highest BCUT2D eigenvalue weighted by molar-refractivity contribution is 7.90. The second kappa shape index (κ2) is 9.34. The second-order valence-electron chi connectivity index (χ2n) is 8.35. The molecule has 0 aliphatic heterocycles. The monoisotopic (exact) mass is 506 g/mol. The predicted molar refractivity (Wildman–Crippen MR) is 128 cm³/mol. The van der Waals surface area contributed by atoms with Crippen LogP contribution in [0.15, 0.2) is 23.2 Å². The average molecular weight is 507 g/mol. The van der Waals surface area contributed by atoms with E-state index >= 15 is 0 Å². The summed E-state index contributed by atoms with van der Waals surface area (Å²) >= 11 is 6.53. The predicted octanol–water partition coefficient (Wildman–Crippen LogP) is 3.88. The Labute approximate surface area is 203 Å². The first-order valence-corrected chi connectivity index (χ1v) is 12.9. The van der Waals surface area contributed by atoms with E-state index in [0.717, 1.165) is 6.26 Å². The molecular weight excluding hydrogens is 480 g/mol. The minimum Gasteiger partial charge on any atom is -0.403 e. The zero-order valence-corrected chi connectivity index (χ0v) is 21.7. The van der Waals surface area contributed by atoms with Gasteiger partial charge in [-0.25, -0.2) is 17.9 Å². The van der Waals surface area contributed by atoms with Crippen LogP contribution in [0.4, 0.5) is 0 Å². The highest BCUT2D eigenvalue weighted by atomic mass is 35.5. The van der Waals surface area contributed by atoms with Crippen LogP contribution in [0.1, 0.15) is 70.0 Å². The summed E-state index contributed by atoms with van der Waals surface area (Å²) in [6, 6.07) is 2.54. The highest BCUT2D eigenvalue weighted by Crippen LogP contribution is 2.34. The maximum absolute atomic E-state index is 13.7. The fraction of sp³-hybridized carbons (Fsp3) is 0.391. The number of sulfone groups is 1. The lowest BCUT2D eigenvalue weighted by molar-refractivity contribution is 0.0713. The molecule has 34 heavy (non-hydrogen) atoms. The molecule has 9 nitrogen and oxygen atoms in total. The quantitative estimate of drug-likeness (QED) is 0.353. The van der Waals surface area contributed by atoms with Crippen molar-refractivity contribution in [2.75, 3.05) is 6.26 Å². The summed E-state index contributed by atoms with van der Waals surface area (Å²) in [6.45, 7) is 8.77. The molecule has 0 saturated heterocycles. The van der Waals surface area contributed by atoms with Crippen LogP contribution < -0.4 is 4.74 Å². The third-order valence-electron chi connectivity index (χ3n) is 5.38. The fourth-order valence-electron chi connectivity index (χ4n) is 3.77. The zero-order chi connectivity index (χ0) is 25.5. The van der Waals surface area contributed by atoms with Crippen LogP contribution >= 0.6 is 11.6 Å². The topological polar surface area (TPSA) is 113 Å². The maximum Gasteiger partial charge on any atom is 0.348 e. The van der Waals surface area contributed by atoms with Gasteiger partial charge in [0.05, 0.1) is 27.3 Å². The molecule has 3 aromatic rings. The number of aryl methyl sites for hydroxylation is 3. The number of nitrogens with zero attached hydrogens (tertiary/aromatic N) is 4. The molecule has 0 N–H and O–H groups in total. The smallest absolute Gasteiger partial charge is 0.348 e. The average Bonchev–Trinajstić information content (AvgIpc) is 3.24. The Balaban J connectivity index is 2.16. The van der Waals surface area contributed by atoms with Crippen molar-refractivity contribution in [3.63, 3.8) is 0 Å². The molecular formula is C23H27ClN4O5S. The Morgan fingerprint density at radius 3 is 2.26 bits per heavy atom. The van der Waals surface area contributed by atoms with E-state index in [1.54, 1.807) is 27.8 Å². The third-order valence-corrected chi connectivity index (χ3v) is 6.99. The van der Waals surface area contributed by atoms with E-state index < -0.39 is 21.6 Å².